The maximum absolute atomic E-state index is 13.1. The zero-order valence-electron chi connectivity index (χ0n) is 17.8. The number of rotatable bonds is 9. The topological polar surface area (TPSA) is 60.9 Å². The molecule has 2 aromatic rings. The molecule has 0 saturated carbocycles. The summed E-state index contributed by atoms with van der Waals surface area (Å²) in [6.45, 7) is 6.88. The molecule has 1 aliphatic heterocycles. The number of ketones is 1. The van der Waals surface area contributed by atoms with Gasteiger partial charge in [0.15, 0.2) is 11.5 Å². The lowest BCUT2D eigenvalue weighted by Gasteiger charge is -2.29. The molecule has 3 rings (SSSR count). The zero-order chi connectivity index (χ0) is 22.4. The van der Waals surface area contributed by atoms with E-state index in [0.29, 0.717) is 18.1 Å². The van der Waals surface area contributed by atoms with Gasteiger partial charge in [0.05, 0.1) is 11.6 Å². The number of aliphatic hydroxyl groups excluding tert-OH is 1. The van der Waals surface area contributed by atoms with Crippen molar-refractivity contribution in [3.05, 3.63) is 88.2 Å². The number of likely N-dealkylation sites (N-methyl/N-ethyl adjacent to an activating group) is 1. The third-order valence-electron chi connectivity index (χ3n) is 5.53. The van der Waals surface area contributed by atoms with Crippen LogP contribution in [0.15, 0.2) is 72.0 Å². The van der Waals surface area contributed by atoms with Crippen molar-refractivity contribution in [2.24, 2.45) is 0 Å². The van der Waals surface area contributed by atoms with E-state index < -0.39 is 17.7 Å². The highest BCUT2D eigenvalue weighted by atomic mass is 35.5. The van der Waals surface area contributed by atoms with E-state index in [-0.39, 0.29) is 11.4 Å². The Morgan fingerprint density at radius 1 is 1.10 bits per heavy atom. The van der Waals surface area contributed by atoms with Gasteiger partial charge in [0.1, 0.15) is 0 Å². The van der Waals surface area contributed by atoms with Crippen LogP contribution in [0.1, 0.15) is 31.0 Å². The Balaban J connectivity index is 1.94. The van der Waals surface area contributed by atoms with Crippen LogP contribution in [0.25, 0.3) is 6.08 Å². The SMILES string of the molecule is CCN(CC)CCN1C(=O)C(O)=C(C(=O)/C=C/c2ccccc2)C1c1ccc(Cl)cc1. The molecule has 162 valence electrons. The number of hydrogen-bond donors (Lipinski definition) is 1. The number of allylic oxidation sites excluding steroid dienone is 1. The standard InChI is InChI=1S/C25H27ClN2O3/c1-3-27(4-2)16-17-28-23(19-11-13-20(26)14-12-19)22(24(30)25(28)31)21(29)15-10-18-8-6-5-7-9-18/h5-15,23,30H,3-4,16-17H2,1-2H3/b15-10+. The van der Waals surface area contributed by atoms with Crippen LogP contribution in [-0.2, 0) is 9.59 Å². The summed E-state index contributed by atoms with van der Waals surface area (Å²) in [6, 6.07) is 15.8. The molecule has 1 atom stereocenters. The molecule has 0 aliphatic carbocycles. The average Bonchev–Trinajstić information content (AvgIpc) is 3.04. The van der Waals surface area contributed by atoms with E-state index in [4.69, 9.17) is 11.6 Å². The van der Waals surface area contributed by atoms with Gasteiger partial charge >= 0.3 is 0 Å². The van der Waals surface area contributed by atoms with Crippen molar-refractivity contribution < 1.29 is 14.7 Å². The van der Waals surface area contributed by atoms with Crippen LogP contribution in [0.3, 0.4) is 0 Å². The molecule has 5 nitrogen and oxygen atoms in total. The molecular weight excluding hydrogens is 412 g/mol. The van der Waals surface area contributed by atoms with Crippen molar-refractivity contribution in [2.45, 2.75) is 19.9 Å². The van der Waals surface area contributed by atoms with E-state index in [1.165, 1.54) is 6.08 Å². The molecule has 0 spiro atoms. The minimum Gasteiger partial charge on any atom is -0.503 e. The molecule has 31 heavy (non-hydrogen) atoms. The molecule has 1 N–H and O–H groups in total. The highest BCUT2D eigenvalue weighted by Gasteiger charge is 2.42. The van der Waals surface area contributed by atoms with Gasteiger partial charge in [-0.1, -0.05) is 74.0 Å². The van der Waals surface area contributed by atoms with E-state index in [9.17, 15) is 14.7 Å². The normalized spacial score (nSPS) is 16.7. The van der Waals surface area contributed by atoms with Gasteiger partial charge in [0.25, 0.3) is 5.91 Å². The van der Waals surface area contributed by atoms with E-state index in [0.717, 1.165) is 24.2 Å². The maximum atomic E-state index is 13.1. The van der Waals surface area contributed by atoms with Crippen LogP contribution in [0.2, 0.25) is 5.02 Å². The number of hydrogen-bond acceptors (Lipinski definition) is 4. The molecule has 0 radical (unpaired) electrons. The van der Waals surface area contributed by atoms with Gasteiger partial charge in [0, 0.05) is 18.1 Å². The number of benzene rings is 2. The fourth-order valence-electron chi connectivity index (χ4n) is 3.74. The van der Waals surface area contributed by atoms with Crippen molar-refractivity contribution in [1.29, 1.82) is 0 Å². The number of nitrogens with zero attached hydrogens (tertiary/aromatic N) is 2. The average molecular weight is 439 g/mol. The third-order valence-corrected chi connectivity index (χ3v) is 5.79. The summed E-state index contributed by atoms with van der Waals surface area (Å²) in [5.41, 5.74) is 1.69. The largest absolute Gasteiger partial charge is 0.503 e. The Hall–Kier alpha value is -2.89. The van der Waals surface area contributed by atoms with Crippen molar-refractivity contribution in [1.82, 2.24) is 9.80 Å². The van der Waals surface area contributed by atoms with Crippen LogP contribution >= 0.6 is 11.6 Å². The summed E-state index contributed by atoms with van der Waals surface area (Å²) < 4.78 is 0. The third kappa shape index (κ3) is 5.24. The lowest BCUT2D eigenvalue weighted by atomic mass is 9.95. The number of carbonyl (C=O) groups excluding carboxylic acids is 2. The summed E-state index contributed by atoms with van der Waals surface area (Å²) in [4.78, 5) is 29.8. The van der Waals surface area contributed by atoms with Gasteiger partial charge in [-0.05, 0) is 42.4 Å². The van der Waals surface area contributed by atoms with Crippen LogP contribution in [0.5, 0.6) is 0 Å². The van der Waals surface area contributed by atoms with E-state index in [1.807, 2.05) is 30.3 Å². The number of carbonyl (C=O) groups is 2. The van der Waals surface area contributed by atoms with Gasteiger partial charge in [-0.15, -0.1) is 0 Å². The minimum absolute atomic E-state index is 0.0963. The lowest BCUT2D eigenvalue weighted by Crippen LogP contribution is -2.38. The predicted molar refractivity (Wildman–Crippen MR) is 124 cm³/mol. The van der Waals surface area contributed by atoms with Crippen LogP contribution < -0.4 is 0 Å². The molecule has 0 saturated heterocycles. The highest BCUT2D eigenvalue weighted by Crippen LogP contribution is 2.38. The molecule has 1 unspecified atom stereocenters. The Bertz CT molecular complexity index is 980. The summed E-state index contributed by atoms with van der Waals surface area (Å²) in [5, 5.41) is 11.2. The Kier molecular flexibility index (Phi) is 7.66. The van der Waals surface area contributed by atoms with Crippen molar-refractivity contribution >= 4 is 29.4 Å². The van der Waals surface area contributed by atoms with Crippen LogP contribution in [-0.4, -0.2) is 52.8 Å². The summed E-state index contributed by atoms with van der Waals surface area (Å²) >= 11 is 6.04. The number of aliphatic hydroxyl groups is 1. The quantitative estimate of drug-likeness (QED) is 0.578. The fourth-order valence-corrected chi connectivity index (χ4v) is 3.87. The Morgan fingerprint density at radius 2 is 1.74 bits per heavy atom. The zero-order valence-corrected chi connectivity index (χ0v) is 18.5. The lowest BCUT2D eigenvalue weighted by molar-refractivity contribution is -0.129. The van der Waals surface area contributed by atoms with Gasteiger partial charge in [-0.3, -0.25) is 9.59 Å². The molecule has 0 fully saturated rings. The van der Waals surface area contributed by atoms with Crippen molar-refractivity contribution in [2.75, 3.05) is 26.2 Å². The Morgan fingerprint density at radius 3 is 2.35 bits per heavy atom. The summed E-state index contributed by atoms with van der Waals surface area (Å²) in [5.74, 6) is -1.40. The van der Waals surface area contributed by atoms with Gasteiger partial charge in [-0.25, -0.2) is 0 Å². The first-order chi connectivity index (χ1) is 15.0. The summed E-state index contributed by atoms with van der Waals surface area (Å²) in [7, 11) is 0. The molecule has 1 amide bonds. The fraction of sp³-hybridized carbons (Fsp3) is 0.280. The van der Waals surface area contributed by atoms with E-state index >= 15 is 0 Å². The van der Waals surface area contributed by atoms with Gasteiger partial charge < -0.3 is 14.9 Å². The van der Waals surface area contributed by atoms with E-state index in [1.54, 1.807) is 35.2 Å². The molecule has 6 heteroatoms. The second-order valence-corrected chi connectivity index (χ2v) is 7.79. The molecule has 1 heterocycles. The molecular formula is C25H27ClN2O3. The highest BCUT2D eigenvalue weighted by molar-refractivity contribution is 6.30. The molecule has 0 aromatic heterocycles. The van der Waals surface area contributed by atoms with Crippen molar-refractivity contribution in [3.8, 4) is 0 Å². The smallest absolute Gasteiger partial charge is 0.290 e. The molecule has 0 bridgehead atoms. The first-order valence-electron chi connectivity index (χ1n) is 10.5. The number of amides is 1. The predicted octanol–water partition coefficient (Wildman–Crippen LogP) is 4.66. The maximum Gasteiger partial charge on any atom is 0.290 e. The molecule has 1 aliphatic rings. The second kappa shape index (κ2) is 10.4. The van der Waals surface area contributed by atoms with Crippen LogP contribution in [0.4, 0.5) is 0 Å². The number of halogens is 1. The molecule has 2 aromatic carbocycles. The first-order valence-corrected chi connectivity index (χ1v) is 10.8. The van der Waals surface area contributed by atoms with Gasteiger partial charge in [0.2, 0.25) is 0 Å². The summed E-state index contributed by atoms with van der Waals surface area (Å²) in [6.07, 6.45) is 3.09. The van der Waals surface area contributed by atoms with Gasteiger partial charge in [-0.2, -0.15) is 0 Å². The minimum atomic E-state index is -0.659. The second-order valence-electron chi connectivity index (χ2n) is 7.35. The van der Waals surface area contributed by atoms with E-state index in [2.05, 4.69) is 18.7 Å². The first kappa shape index (κ1) is 22.8. The monoisotopic (exact) mass is 438 g/mol. The van der Waals surface area contributed by atoms with Crippen LogP contribution in [0, 0.1) is 0 Å². The van der Waals surface area contributed by atoms with Crippen molar-refractivity contribution in [3.63, 3.8) is 0 Å². The Labute approximate surface area is 188 Å².